The van der Waals surface area contributed by atoms with Gasteiger partial charge in [-0.3, -0.25) is 19.9 Å². The molecule has 0 amide bonds. The molecule has 0 atom stereocenters. The van der Waals surface area contributed by atoms with Crippen LogP contribution in [0.2, 0.25) is 0 Å². The lowest BCUT2D eigenvalue weighted by Gasteiger charge is -2.01. The molecule has 0 N–H and O–H groups in total. The Labute approximate surface area is 158 Å². The van der Waals surface area contributed by atoms with Gasteiger partial charge in [-0.1, -0.05) is 17.9 Å². The van der Waals surface area contributed by atoms with Crippen molar-refractivity contribution in [1.82, 2.24) is 19.9 Å². The highest BCUT2D eigenvalue weighted by molar-refractivity contribution is 5.59. The molecule has 0 bridgehead atoms. The van der Waals surface area contributed by atoms with Crippen molar-refractivity contribution in [3.05, 3.63) is 96.1 Å². The van der Waals surface area contributed by atoms with Crippen molar-refractivity contribution in [1.29, 1.82) is 0 Å². The Morgan fingerprint density at radius 3 is 1.70 bits per heavy atom. The Bertz CT molecular complexity index is 1140. The van der Waals surface area contributed by atoms with Crippen molar-refractivity contribution in [3.8, 4) is 34.6 Å². The summed E-state index contributed by atoms with van der Waals surface area (Å²) in [7, 11) is 0. The van der Waals surface area contributed by atoms with E-state index in [1.54, 1.807) is 24.8 Å². The molecule has 0 aliphatic heterocycles. The van der Waals surface area contributed by atoms with Gasteiger partial charge in [-0.2, -0.15) is 0 Å². The fourth-order valence-corrected chi connectivity index (χ4v) is 2.63. The van der Waals surface area contributed by atoms with Gasteiger partial charge in [0.2, 0.25) is 0 Å². The number of rotatable bonds is 2. The van der Waals surface area contributed by atoms with Gasteiger partial charge in [-0.15, -0.1) is 0 Å². The van der Waals surface area contributed by atoms with Crippen molar-refractivity contribution < 1.29 is 0 Å². The number of hydrogen-bond acceptors (Lipinski definition) is 4. The van der Waals surface area contributed by atoms with E-state index in [0.717, 1.165) is 39.5 Å². The summed E-state index contributed by atoms with van der Waals surface area (Å²) < 4.78 is 0. The highest BCUT2D eigenvalue weighted by Crippen LogP contribution is 2.17. The number of aryl methyl sites for hydroxylation is 1. The van der Waals surface area contributed by atoms with Crippen LogP contribution in [0, 0.1) is 18.8 Å². The van der Waals surface area contributed by atoms with Gasteiger partial charge in [0.15, 0.2) is 0 Å². The highest BCUT2D eigenvalue weighted by atomic mass is 14.8. The van der Waals surface area contributed by atoms with Crippen LogP contribution in [0.4, 0.5) is 0 Å². The van der Waals surface area contributed by atoms with Gasteiger partial charge < -0.3 is 0 Å². The first kappa shape index (κ1) is 16.6. The van der Waals surface area contributed by atoms with E-state index in [0.29, 0.717) is 0 Å². The van der Waals surface area contributed by atoms with Crippen molar-refractivity contribution in [2.24, 2.45) is 0 Å². The molecule has 4 rings (SSSR count). The minimum Gasteiger partial charge on any atom is -0.255 e. The van der Waals surface area contributed by atoms with E-state index in [1.165, 1.54) is 0 Å². The summed E-state index contributed by atoms with van der Waals surface area (Å²) in [5, 5.41) is 0. The molecule has 0 unspecified atom stereocenters. The predicted octanol–water partition coefficient (Wildman–Crippen LogP) is 4.31. The molecule has 0 spiro atoms. The molecule has 0 radical (unpaired) electrons. The second kappa shape index (κ2) is 7.59. The van der Waals surface area contributed by atoms with Crippen LogP contribution < -0.4 is 0 Å². The standard InChI is InChI=1S/C23H16N4/c1-17-7-11-25-21(14-17)23-16-19(9-13-27-23)6-5-18-8-12-26-22(15-18)20-4-2-3-10-24-20/h2-4,7-16H,1H3. The summed E-state index contributed by atoms with van der Waals surface area (Å²) >= 11 is 0. The molecule has 0 aliphatic rings. The average Bonchev–Trinajstić information content (AvgIpc) is 2.73. The second-order valence-corrected chi connectivity index (χ2v) is 6.04. The van der Waals surface area contributed by atoms with Gasteiger partial charge in [-0.05, 0) is 61.0 Å². The van der Waals surface area contributed by atoms with Gasteiger partial charge in [-0.25, -0.2) is 0 Å². The Morgan fingerprint density at radius 1 is 0.556 bits per heavy atom. The van der Waals surface area contributed by atoms with E-state index in [9.17, 15) is 0 Å². The number of hydrogen-bond donors (Lipinski definition) is 0. The molecule has 128 valence electrons. The van der Waals surface area contributed by atoms with Crippen molar-refractivity contribution >= 4 is 0 Å². The first-order valence-electron chi connectivity index (χ1n) is 8.56. The van der Waals surface area contributed by atoms with Gasteiger partial charge in [0.1, 0.15) is 0 Å². The predicted molar refractivity (Wildman–Crippen MR) is 106 cm³/mol. The lowest BCUT2D eigenvalue weighted by atomic mass is 10.1. The Hall–Kier alpha value is -3.84. The molecule has 4 heteroatoms. The smallest absolute Gasteiger partial charge is 0.0898 e. The fraction of sp³-hybridized carbons (Fsp3) is 0.0435. The number of nitrogens with zero attached hydrogens (tertiary/aromatic N) is 4. The number of aromatic nitrogens is 4. The van der Waals surface area contributed by atoms with Crippen molar-refractivity contribution in [3.63, 3.8) is 0 Å². The molecular weight excluding hydrogens is 332 g/mol. The molecule has 4 aromatic rings. The molecule has 0 saturated heterocycles. The molecule has 0 fully saturated rings. The summed E-state index contributed by atoms with van der Waals surface area (Å²) in [5.74, 6) is 6.39. The van der Waals surface area contributed by atoms with Crippen LogP contribution in [0.15, 0.2) is 79.4 Å². The number of pyridine rings is 4. The second-order valence-electron chi connectivity index (χ2n) is 6.04. The van der Waals surface area contributed by atoms with E-state index in [1.807, 2.05) is 61.5 Å². The van der Waals surface area contributed by atoms with Crippen LogP contribution in [0.1, 0.15) is 16.7 Å². The lowest BCUT2D eigenvalue weighted by Crippen LogP contribution is -1.89. The van der Waals surface area contributed by atoms with Gasteiger partial charge >= 0.3 is 0 Å². The quantitative estimate of drug-likeness (QED) is 0.507. The molecule has 4 nitrogen and oxygen atoms in total. The normalized spacial score (nSPS) is 10.1. The zero-order valence-electron chi connectivity index (χ0n) is 14.8. The van der Waals surface area contributed by atoms with E-state index < -0.39 is 0 Å². The van der Waals surface area contributed by atoms with Crippen LogP contribution in [0.5, 0.6) is 0 Å². The zero-order valence-corrected chi connectivity index (χ0v) is 14.8. The van der Waals surface area contributed by atoms with E-state index in [4.69, 9.17) is 0 Å². The molecule has 0 aromatic carbocycles. The third-order valence-corrected chi connectivity index (χ3v) is 3.98. The first-order valence-corrected chi connectivity index (χ1v) is 8.56. The Kier molecular flexibility index (Phi) is 4.67. The maximum absolute atomic E-state index is 4.41. The monoisotopic (exact) mass is 348 g/mol. The van der Waals surface area contributed by atoms with Crippen molar-refractivity contribution in [2.75, 3.05) is 0 Å². The van der Waals surface area contributed by atoms with Gasteiger partial charge in [0.05, 0.1) is 22.8 Å². The SMILES string of the molecule is Cc1ccnc(-c2cc(C#Cc3ccnc(-c4ccccn4)c3)ccn2)c1. The zero-order chi connectivity index (χ0) is 18.5. The average molecular weight is 348 g/mol. The maximum atomic E-state index is 4.41. The molecular formula is C23H16N4. The summed E-state index contributed by atoms with van der Waals surface area (Å²) in [4.78, 5) is 17.5. The lowest BCUT2D eigenvalue weighted by molar-refractivity contribution is 1.22. The van der Waals surface area contributed by atoms with Gasteiger partial charge in [0.25, 0.3) is 0 Å². The third kappa shape index (κ3) is 4.05. The molecule has 4 heterocycles. The van der Waals surface area contributed by atoms with Crippen LogP contribution in [-0.4, -0.2) is 19.9 Å². The summed E-state index contributed by atoms with van der Waals surface area (Å²) in [6.45, 7) is 2.04. The van der Waals surface area contributed by atoms with E-state index in [-0.39, 0.29) is 0 Å². The van der Waals surface area contributed by atoms with E-state index in [2.05, 4.69) is 31.8 Å². The Morgan fingerprint density at radius 2 is 1.11 bits per heavy atom. The minimum atomic E-state index is 0.807. The van der Waals surface area contributed by atoms with Gasteiger partial charge in [0, 0.05) is 35.9 Å². The molecule has 27 heavy (non-hydrogen) atoms. The van der Waals surface area contributed by atoms with Crippen LogP contribution in [0.3, 0.4) is 0 Å². The maximum Gasteiger partial charge on any atom is 0.0898 e. The first-order chi connectivity index (χ1) is 13.3. The van der Waals surface area contributed by atoms with Crippen LogP contribution in [-0.2, 0) is 0 Å². The molecule has 0 aliphatic carbocycles. The summed E-state index contributed by atoms with van der Waals surface area (Å²) in [5.41, 5.74) is 6.23. The summed E-state index contributed by atoms with van der Waals surface area (Å²) in [6, 6.07) is 17.4. The summed E-state index contributed by atoms with van der Waals surface area (Å²) in [6.07, 6.45) is 7.06. The largest absolute Gasteiger partial charge is 0.255 e. The minimum absolute atomic E-state index is 0.807. The Balaban J connectivity index is 1.63. The topological polar surface area (TPSA) is 51.6 Å². The van der Waals surface area contributed by atoms with Crippen LogP contribution >= 0.6 is 0 Å². The highest BCUT2D eigenvalue weighted by Gasteiger charge is 2.02. The van der Waals surface area contributed by atoms with Crippen molar-refractivity contribution in [2.45, 2.75) is 6.92 Å². The fourth-order valence-electron chi connectivity index (χ4n) is 2.63. The third-order valence-electron chi connectivity index (χ3n) is 3.98. The molecule has 4 aromatic heterocycles. The van der Waals surface area contributed by atoms with E-state index >= 15 is 0 Å². The molecule has 0 saturated carbocycles. The van der Waals surface area contributed by atoms with Crippen LogP contribution in [0.25, 0.3) is 22.8 Å².